The molecule has 0 spiro atoms. The van der Waals surface area contributed by atoms with Crippen molar-refractivity contribution in [3.05, 3.63) is 35.4 Å². The van der Waals surface area contributed by atoms with Gasteiger partial charge in [0.05, 0.1) is 24.7 Å². The molecule has 2 N–H and O–H groups in total. The quantitative estimate of drug-likeness (QED) is 0.810. The minimum atomic E-state index is -0.925. The standard InChI is InChI=1S/C18H25NO4/c1-12-5-3-4-6-15(12)16(11-18(21)22)19-17(20)10-9-14-8-7-13(2)23-14/h3-6,13-14,16H,7-11H2,1-2H3,(H,19,20)(H,21,22)/t13-,14+,16+/m1/s1. The molecule has 1 fully saturated rings. The minimum Gasteiger partial charge on any atom is -0.481 e. The van der Waals surface area contributed by atoms with E-state index < -0.39 is 12.0 Å². The van der Waals surface area contributed by atoms with E-state index in [2.05, 4.69) is 5.32 Å². The molecule has 1 aromatic carbocycles. The van der Waals surface area contributed by atoms with Gasteiger partial charge in [0.1, 0.15) is 0 Å². The fraction of sp³-hybridized carbons (Fsp3) is 0.556. The van der Waals surface area contributed by atoms with Gasteiger partial charge in [-0.15, -0.1) is 0 Å². The van der Waals surface area contributed by atoms with E-state index in [1.165, 1.54) is 0 Å². The number of hydrogen-bond acceptors (Lipinski definition) is 3. The van der Waals surface area contributed by atoms with Crippen LogP contribution in [0.25, 0.3) is 0 Å². The van der Waals surface area contributed by atoms with Gasteiger partial charge in [0, 0.05) is 6.42 Å². The summed E-state index contributed by atoms with van der Waals surface area (Å²) in [6, 6.07) is 7.05. The molecule has 1 aliphatic rings. The highest BCUT2D eigenvalue weighted by molar-refractivity contribution is 5.77. The van der Waals surface area contributed by atoms with Gasteiger partial charge in [-0.25, -0.2) is 0 Å². The third-order valence-electron chi connectivity index (χ3n) is 4.29. The summed E-state index contributed by atoms with van der Waals surface area (Å²) < 4.78 is 5.71. The fourth-order valence-electron chi connectivity index (χ4n) is 3.05. The fourth-order valence-corrected chi connectivity index (χ4v) is 3.05. The topological polar surface area (TPSA) is 75.6 Å². The smallest absolute Gasteiger partial charge is 0.305 e. The average molecular weight is 319 g/mol. The van der Waals surface area contributed by atoms with Crippen LogP contribution in [0.5, 0.6) is 0 Å². The van der Waals surface area contributed by atoms with Gasteiger partial charge >= 0.3 is 5.97 Å². The third kappa shape index (κ3) is 5.36. The van der Waals surface area contributed by atoms with E-state index in [9.17, 15) is 9.59 Å². The lowest BCUT2D eigenvalue weighted by Crippen LogP contribution is -2.31. The molecule has 0 aliphatic carbocycles. The second kappa shape index (κ2) is 8.11. The largest absolute Gasteiger partial charge is 0.481 e. The molecule has 5 heteroatoms. The Bertz CT molecular complexity index is 558. The van der Waals surface area contributed by atoms with Crippen molar-refractivity contribution in [2.45, 2.75) is 64.2 Å². The Hall–Kier alpha value is -1.88. The monoisotopic (exact) mass is 319 g/mol. The van der Waals surface area contributed by atoms with Crippen LogP contribution < -0.4 is 5.32 Å². The second-order valence-corrected chi connectivity index (χ2v) is 6.26. The van der Waals surface area contributed by atoms with Crippen LogP contribution in [-0.4, -0.2) is 29.2 Å². The Kier molecular flexibility index (Phi) is 6.16. The lowest BCUT2D eigenvalue weighted by molar-refractivity contribution is -0.137. The summed E-state index contributed by atoms with van der Waals surface area (Å²) in [7, 11) is 0. The van der Waals surface area contributed by atoms with Crippen molar-refractivity contribution in [3.8, 4) is 0 Å². The van der Waals surface area contributed by atoms with Crippen LogP contribution in [0.15, 0.2) is 24.3 Å². The molecule has 0 saturated carbocycles. The highest BCUT2D eigenvalue weighted by atomic mass is 16.5. The van der Waals surface area contributed by atoms with Crippen molar-refractivity contribution in [1.82, 2.24) is 5.32 Å². The first-order chi connectivity index (χ1) is 11.0. The predicted molar refractivity (Wildman–Crippen MR) is 87.1 cm³/mol. The molecule has 126 valence electrons. The molecular formula is C18H25NO4. The maximum absolute atomic E-state index is 12.2. The maximum Gasteiger partial charge on any atom is 0.305 e. The Morgan fingerprint density at radius 2 is 2.09 bits per heavy atom. The molecule has 0 unspecified atom stereocenters. The number of benzene rings is 1. The van der Waals surface area contributed by atoms with E-state index in [1.54, 1.807) is 0 Å². The molecule has 0 radical (unpaired) electrons. The zero-order valence-corrected chi connectivity index (χ0v) is 13.7. The van der Waals surface area contributed by atoms with Crippen LogP contribution in [0.1, 0.15) is 56.2 Å². The summed E-state index contributed by atoms with van der Waals surface area (Å²) in [5, 5.41) is 12.0. The molecule has 1 saturated heterocycles. The van der Waals surface area contributed by atoms with Gasteiger partial charge in [-0.05, 0) is 44.2 Å². The molecule has 0 aromatic heterocycles. The van der Waals surface area contributed by atoms with E-state index in [1.807, 2.05) is 38.1 Å². The molecule has 1 aromatic rings. The van der Waals surface area contributed by atoms with Gasteiger partial charge in [0.2, 0.25) is 5.91 Å². The van der Waals surface area contributed by atoms with Crippen molar-refractivity contribution in [1.29, 1.82) is 0 Å². The molecule has 1 amide bonds. The number of rotatable bonds is 7. The van der Waals surface area contributed by atoms with Crippen molar-refractivity contribution in [3.63, 3.8) is 0 Å². The molecule has 3 atom stereocenters. The summed E-state index contributed by atoms with van der Waals surface area (Å²) >= 11 is 0. The minimum absolute atomic E-state index is 0.118. The van der Waals surface area contributed by atoms with Crippen LogP contribution in [0.2, 0.25) is 0 Å². The number of hydrogen-bond donors (Lipinski definition) is 2. The number of aliphatic carboxylic acids is 1. The van der Waals surface area contributed by atoms with Crippen LogP contribution in [-0.2, 0) is 14.3 Å². The lowest BCUT2D eigenvalue weighted by Gasteiger charge is -2.20. The highest BCUT2D eigenvalue weighted by Crippen LogP contribution is 2.24. The lowest BCUT2D eigenvalue weighted by atomic mass is 9.98. The maximum atomic E-state index is 12.2. The van der Waals surface area contributed by atoms with Gasteiger partial charge in [-0.2, -0.15) is 0 Å². The van der Waals surface area contributed by atoms with E-state index in [4.69, 9.17) is 9.84 Å². The summed E-state index contributed by atoms with van der Waals surface area (Å²) in [4.78, 5) is 23.3. The average Bonchev–Trinajstić information content (AvgIpc) is 2.90. The number of nitrogens with one attached hydrogen (secondary N) is 1. The van der Waals surface area contributed by atoms with E-state index in [0.717, 1.165) is 24.0 Å². The summed E-state index contributed by atoms with van der Waals surface area (Å²) in [5.74, 6) is -1.05. The number of ether oxygens (including phenoxy) is 1. The first-order valence-corrected chi connectivity index (χ1v) is 8.18. The van der Waals surface area contributed by atoms with Crippen LogP contribution in [0.4, 0.5) is 0 Å². The first-order valence-electron chi connectivity index (χ1n) is 8.18. The predicted octanol–water partition coefficient (Wildman–Crippen LogP) is 2.97. The summed E-state index contributed by atoms with van der Waals surface area (Å²) in [5.41, 5.74) is 1.83. The SMILES string of the molecule is Cc1ccccc1[C@H](CC(=O)O)NC(=O)CC[C@@H]1CC[C@@H](C)O1. The van der Waals surface area contributed by atoms with E-state index >= 15 is 0 Å². The number of carboxylic acid groups (broad SMARTS) is 1. The van der Waals surface area contributed by atoms with Gasteiger partial charge in [0.25, 0.3) is 0 Å². The highest BCUT2D eigenvalue weighted by Gasteiger charge is 2.24. The molecule has 5 nitrogen and oxygen atoms in total. The molecule has 2 rings (SSSR count). The number of carbonyl (C=O) groups excluding carboxylic acids is 1. The van der Waals surface area contributed by atoms with Crippen LogP contribution in [0, 0.1) is 6.92 Å². The summed E-state index contributed by atoms with van der Waals surface area (Å²) in [6.45, 7) is 3.96. The number of carbonyl (C=O) groups is 2. The van der Waals surface area contributed by atoms with E-state index in [-0.39, 0.29) is 24.5 Å². The van der Waals surface area contributed by atoms with Crippen molar-refractivity contribution < 1.29 is 19.4 Å². The summed E-state index contributed by atoms with van der Waals surface area (Å²) in [6.07, 6.45) is 3.38. The third-order valence-corrected chi connectivity index (χ3v) is 4.29. The van der Waals surface area contributed by atoms with Crippen molar-refractivity contribution >= 4 is 11.9 Å². The molecule has 1 aliphatic heterocycles. The number of carboxylic acids is 1. The molecule has 0 bridgehead atoms. The number of aryl methyl sites for hydroxylation is 1. The van der Waals surface area contributed by atoms with Gasteiger partial charge in [0.15, 0.2) is 0 Å². The zero-order valence-electron chi connectivity index (χ0n) is 13.7. The Labute approximate surface area is 137 Å². The van der Waals surface area contributed by atoms with Gasteiger partial charge < -0.3 is 15.2 Å². The number of amides is 1. The van der Waals surface area contributed by atoms with Gasteiger partial charge in [-0.3, -0.25) is 9.59 Å². The zero-order chi connectivity index (χ0) is 16.8. The molecule has 23 heavy (non-hydrogen) atoms. The van der Waals surface area contributed by atoms with Crippen molar-refractivity contribution in [2.24, 2.45) is 0 Å². The van der Waals surface area contributed by atoms with Crippen LogP contribution in [0.3, 0.4) is 0 Å². The van der Waals surface area contributed by atoms with Crippen LogP contribution >= 0.6 is 0 Å². The second-order valence-electron chi connectivity index (χ2n) is 6.26. The Morgan fingerprint density at radius 3 is 2.70 bits per heavy atom. The molecular weight excluding hydrogens is 294 g/mol. The van der Waals surface area contributed by atoms with Crippen molar-refractivity contribution in [2.75, 3.05) is 0 Å². The normalized spacial score (nSPS) is 21.8. The Balaban J connectivity index is 1.93. The molecule has 1 heterocycles. The Morgan fingerprint density at radius 1 is 1.35 bits per heavy atom. The first kappa shape index (κ1) is 17.5. The van der Waals surface area contributed by atoms with Gasteiger partial charge in [-0.1, -0.05) is 24.3 Å². The van der Waals surface area contributed by atoms with E-state index in [0.29, 0.717) is 12.8 Å².